The Bertz CT molecular complexity index is 537. The van der Waals surface area contributed by atoms with Crippen LogP contribution in [-0.4, -0.2) is 48.5 Å². The fraction of sp³-hybridized carbons (Fsp3) is 0.647. The van der Waals surface area contributed by atoms with Crippen LogP contribution in [0, 0.1) is 17.0 Å². The van der Waals surface area contributed by atoms with Crippen LogP contribution in [0.15, 0.2) is 18.2 Å². The van der Waals surface area contributed by atoms with Gasteiger partial charge in [-0.25, -0.2) is 8.78 Å². The van der Waals surface area contributed by atoms with E-state index in [0.717, 1.165) is 12.8 Å². The summed E-state index contributed by atoms with van der Waals surface area (Å²) in [6.45, 7) is 2.64. The summed E-state index contributed by atoms with van der Waals surface area (Å²) < 4.78 is 33.3. The molecular formula is C17H26Cl2F2N2O2. The number of nitrogens with two attached hydrogens (primary N) is 1. The van der Waals surface area contributed by atoms with Gasteiger partial charge >= 0.3 is 0 Å². The standard InChI is InChI=1S/C17H24F2N2O2.2ClH/c18-13-2-1-3-14(19)12(13)11-21-7-4-17(5-8-21)15(22)10-16(17)23-9-6-20;;/h1-3,15-16,22H,4-11,20H2;2*1H/t15-,16+;;/m1../s1. The molecule has 1 saturated heterocycles. The van der Waals surface area contributed by atoms with E-state index < -0.39 is 11.6 Å². The highest BCUT2D eigenvalue weighted by Gasteiger charge is 2.56. The van der Waals surface area contributed by atoms with E-state index in [4.69, 9.17) is 10.5 Å². The van der Waals surface area contributed by atoms with Gasteiger partial charge in [0.25, 0.3) is 0 Å². The average molecular weight is 399 g/mol. The number of likely N-dealkylation sites (tertiary alicyclic amines) is 1. The maximum atomic E-state index is 13.8. The van der Waals surface area contributed by atoms with Gasteiger partial charge in [-0.15, -0.1) is 24.8 Å². The zero-order valence-electron chi connectivity index (χ0n) is 14.0. The molecule has 0 amide bonds. The second-order valence-electron chi connectivity index (χ2n) is 6.61. The van der Waals surface area contributed by atoms with Crippen molar-refractivity contribution in [3.63, 3.8) is 0 Å². The Kier molecular flexibility index (Phi) is 8.51. The van der Waals surface area contributed by atoms with E-state index in [9.17, 15) is 13.9 Å². The van der Waals surface area contributed by atoms with Gasteiger partial charge in [0.1, 0.15) is 11.6 Å². The molecule has 3 rings (SSSR count). The van der Waals surface area contributed by atoms with Crippen LogP contribution >= 0.6 is 24.8 Å². The number of rotatable bonds is 5. The van der Waals surface area contributed by atoms with Crippen molar-refractivity contribution in [2.75, 3.05) is 26.2 Å². The van der Waals surface area contributed by atoms with Crippen LogP contribution in [0.2, 0.25) is 0 Å². The summed E-state index contributed by atoms with van der Waals surface area (Å²) in [5.74, 6) is -1.00. The monoisotopic (exact) mass is 398 g/mol. The molecule has 1 spiro atoms. The second kappa shape index (κ2) is 9.44. The van der Waals surface area contributed by atoms with E-state index in [-0.39, 0.29) is 54.5 Å². The SMILES string of the molecule is Cl.Cl.NCCO[C@H]1C[C@@H](O)C12CCN(Cc1c(F)cccc1F)CC2. The Labute approximate surface area is 159 Å². The third-order valence-corrected chi connectivity index (χ3v) is 5.41. The number of ether oxygens (including phenoxy) is 1. The highest BCUT2D eigenvalue weighted by Crippen LogP contribution is 2.51. The van der Waals surface area contributed by atoms with Gasteiger partial charge < -0.3 is 15.6 Å². The van der Waals surface area contributed by atoms with E-state index in [1.807, 2.05) is 4.90 Å². The number of benzene rings is 1. The summed E-state index contributed by atoms with van der Waals surface area (Å²) in [7, 11) is 0. The summed E-state index contributed by atoms with van der Waals surface area (Å²) in [6, 6.07) is 3.95. The van der Waals surface area contributed by atoms with Crippen molar-refractivity contribution < 1.29 is 18.6 Å². The lowest BCUT2D eigenvalue weighted by Gasteiger charge is -2.56. The quantitative estimate of drug-likeness (QED) is 0.799. The topological polar surface area (TPSA) is 58.7 Å². The van der Waals surface area contributed by atoms with E-state index >= 15 is 0 Å². The van der Waals surface area contributed by atoms with Gasteiger partial charge in [0.15, 0.2) is 0 Å². The molecule has 1 aliphatic carbocycles. The lowest BCUT2D eigenvalue weighted by molar-refractivity contribution is -0.210. The molecule has 0 radical (unpaired) electrons. The van der Waals surface area contributed by atoms with Gasteiger partial charge in [-0.1, -0.05) is 6.07 Å². The normalized spacial score (nSPS) is 25.0. The maximum Gasteiger partial charge on any atom is 0.130 e. The molecule has 2 aliphatic rings. The molecule has 1 saturated carbocycles. The molecule has 1 heterocycles. The Morgan fingerprint density at radius 1 is 1.20 bits per heavy atom. The van der Waals surface area contributed by atoms with Crippen LogP contribution in [0.1, 0.15) is 24.8 Å². The Morgan fingerprint density at radius 3 is 2.32 bits per heavy atom. The molecular weight excluding hydrogens is 373 g/mol. The van der Waals surface area contributed by atoms with Crippen LogP contribution in [0.3, 0.4) is 0 Å². The fourth-order valence-electron chi connectivity index (χ4n) is 3.86. The van der Waals surface area contributed by atoms with E-state index in [0.29, 0.717) is 32.7 Å². The number of hydrogen-bond acceptors (Lipinski definition) is 4. The molecule has 4 nitrogen and oxygen atoms in total. The van der Waals surface area contributed by atoms with E-state index in [2.05, 4.69) is 0 Å². The van der Waals surface area contributed by atoms with E-state index in [1.54, 1.807) is 0 Å². The Balaban J connectivity index is 0.00000156. The van der Waals surface area contributed by atoms with Gasteiger partial charge in [-0.3, -0.25) is 4.90 Å². The predicted octanol–water partition coefficient (Wildman–Crippen LogP) is 2.50. The largest absolute Gasteiger partial charge is 0.392 e. The highest BCUT2D eigenvalue weighted by atomic mass is 35.5. The lowest BCUT2D eigenvalue weighted by atomic mass is 9.58. The maximum absolute atomic E-state index is 13.8. The first-order chi connectivity index (χ1) is 11.1. The van der Waals surface area contributed by atoms with Crippen LogP contribution in [0.25, 0.3) is 0 Å². The minimum Gasteiger partial charge on any atom is -0.392 e. The summed E-state index contributed by atoms with van der Waals surface area (Å²) in [4.78, 5) is 2.04. The zero-order valence-corrected chi connectivity index (χ0v) is 15.6. The van der Waals surface area contributed by atoms with Crippen LogP contribution in [-0.2, 0) is 11.3 Å². The van der Waals surface area contributed by atoms with Crippen LogP contribution < -0.4 is 5.73 Å². The molecule has 1 aromatic carbocycles. The molecule has 144 valence electrons. The molecule has 25 heavy (non-hydrogen) atoms. The summed E-state index contributed by atoms with van der Waals surface area (Å²) in [6.07, 6.45) is 1.91. The summed E-state index contributed by atoms with van der Waals surface area (Å²) in [5.41, 5.74) is 5.39. The predicted molar refractivity (Wildman–Crippen MR) is 97.2 cm³/mol. The lowest BCUT2D eigenvalue weighted by Crippen LogP contribution is -2.62. The van der Waals surface area contributed by atoms with E-state index in [1.165, 1.54) is 18.2 Å². The van der Waals surface area contributed by atoms with Crippen molar-refractivity contribution in [3.05, 3.63) is 35.4 Å². The highest BCUT2D eigenvalue weighted by molar-refractivity contribution is 5.85. The zero-order chi connectivity index (χ0) is 16.4. The number of nitrogens with zero attached hydrogens (tertiary/aromatic N) is 1. The average Bonchev–Trinajstić information content (AvgIpc) is 2.55. The smallest absolute Gasteiger partial charge is 0.130 e. The summed E-state index contributed by atoms with van der Waals surface area (Å²) >= 11 is 0. The number of aliphatic hydroxyl groups is 1. The van der Waals surface area contributed by atoms with Gasteiger partial charge in [0.2, 0.25) is 0 Å². The Morgan fingerprint density at radius 2 is 1.80 bits per heavy atom. The molecule has 2 fully saturated rings. The van der Waals surface area contributed by atoms with Crippen molar-refractivity contribution >= 4 is 24.8 Å². The second-order valence-corrected chi connectivity index (χ2v) is 6.61. The minimum atomic E-state index is -0.502. The minimum absolute atomic E-state index is 0. The van der Waals surface area contributed by atoms with Crippen LogP contribution in [0.4, 0.5) is 8.78 Å². The van der Waals surface area contributed by atoms with Crippen molar-refractivity contribution in [1.29, 1.82) is 0 Å². The van der Waals surface area contributed by atoms with Crippen molar-refractivity contribution in [2.24, 2.45) is 11.1 Å². The first-order valence-electron chi connectivity index (χ1n) is 8.22. The molecule has 3 N–H and O–H groups in total. The van der Waals surface area contributed by atoms with Crippen molar-refractivity contribution in [3.8, 4) is 0 Å². The number of piperidine rings is 1. The molecule has 0 aromatic heterocycles. The van der Waals surface area contributed by atoms with Gasteiger partial charge in [0.05, 0.1) is 18.8 Å². The molecule has 8 heteroatoms. The number of halogens is 4. The molecule has 0 bridgehead atoms. The van der Waals surface area contributed by atoms with Crippen molar-refractivity contribution in [2.45, 2.75) is 38.0 Å². The third kappa shape index (κ3) is 4.43. The molecule has 1 aromatic rings. The van der Waals surface area contributed by atoms with Crippen molar-refractivity contribution in [1.82, 2.24) is 4.90 Å². The first kappa shape index (κ1) is 22.5. The first-order valence-corrected chi connectivity index (χ1v) is 8.22. The number of hydrogen-bond donors (Lipinski definition) is 2. The fourth-order valence-corrected chi connectivity index (χ4v) is 3.86. The molecule has 0 unspecified atom stereocenters. The summed E-state index contributed by atoms with van der Waals surface area (Å²) in [5, 5.41) is 10.2. The molecule has 1 aliphatic heterocycles. The van der Waals surface area contributed by atoms with Crippen LogP contribution in [0.5, 0.6) is 0 Å². The molecule has 2 atom stereocenters. The number of aliphatic hydroxyl groups excluding tert-OH is 1. The third-order valence-electron chi connectivity index (χ3n) is 5.41. The van der Waals surface area contributed by atoms with Gasteiger partial charge in [0, 0.05) is 30.5 Å². The van der Waals surface area contributed by atoms with Gasteiger partial charge in [-0.05, 0) is 38.1 Å². The Hall–Kier alpha value is -0.500. The van der Waals surface area contributed by atoms with Gasteiger partial charge in [-0.2, -0.15) is 0 Å².